The third-order valence-corrected chi connectivity index (χ3v) is 9.27. The number of likely N-dealkylation sites (tertiary alicyclic amines) is 2. The second kappa shape index (κ2) is 12.0. The Morgan fingerprint density at radius 3 is 2.48 bits per heavy atom. The van der Waals surface area contributed by atoms with E-state index >= 15 is 0 Å². The maximum absolute atomic E-state index is 12.3. The molecule has 0 radical (unpaired) electrons. The Balaban J connectivity index is 1.03. The molecule has 9 nitrogen and oxygen atoms in total. The lowest BCUT2D eigenvalue weighted by Gasteiger charge is -2.40. The third-order valence-electron chi connectivity index (χ3n) is 8.91. The summed E-state index contributed by atoms with van der Waals surface area (Å²) >= 11 is 6.30. The summed E-state index contributed by atoms with van der Waals surface area (Å²) in [5.74, 6) is 0.225. The SMILES string of the molecule is CN1CC(Nc2cnn(C)c(=O)c2Cl)CC(c2ccc(CN3CC(c4cccc(C5CCC(=O)NC5=O)c4)C3)cc2)C1. The molecule has 220 valence electrons. The molecule has 2 N–H and O–H groups in total. The van der Waals surface area contributed by atoms with E-state index in [1.807, 2.05) is 12.1 Å². The molecule has 3 aliphatic heterocycles. The molecule has 3 aromatic rings. The molecule has 0 saturated carbocycles. The van der Waals surface area contributed by atoms with Gasteiger partial charge in [0.2, 0.25) is 11.8 Å². The number of amides is 2. The van der Waals surface area contributed by atoms with Gasteiger partial charge in [-0.05, 0) is 48.1 Å². The van der Waals surface area contributed by atoms with E-state index < -0.39 is 0 Å². The highest BCUT2D eigenvalue weighted by Crippen LogP contribution is 2.33. The first kappa shape index (κ1) is 28.6. The second-order valence-corrected chi connectivity index (χ2v) is 12.5. The maximum atomic E-state index is 12.3. The Bertz CT molecular complexity index is 1530. The Kier molecular flexibility index (Phi) is 8.16. The largest absolute Gasteiger partial charge is 0.378 e. The van der Waals surface area contributed by atoms with E-state index in [9.17, 15) is 14.4 Å². The molecule has 0 aliphatic carbocycles. The number of anilines is 1. The van der Waals surface area contributed by atoms with E-state index in [0.29, 0.717) is 30.4 Å². The van der Waals surface area contributed by atoms with Crippen LogP contribution in [0.5, 0.6) is 0 Å². The number of hydrogen-bond acceptors (Lipinski definition) is 7. The van der Waals surface area contributed by atoms with Crippen molar-refractivity contribution in [2.45, 2.75) is 49.6 Å². The summed E-state index contributed by atoms with van der Waals surface area (Å²) in [6.45, 7) is 4.73. The molecule has 3 unspecified atom stereocenters. The molecular weight excluding hydrogens is 552 g/mol. The van der Waals surface area contributed by atoms with Crippen LogP contribution in [0.4, 0.5) is 5.69 Å². The first-order valence-corrected chi connectivity index (χ1v) is 15.0. The minimum atomic E-state index is -0.299. The second-order valence-electron chi connectivity index (χ2n) is 12.1. The number of carbonyl (C=O) groups excluding carboxylic acids is 2. The van der Waals surface area contributed by atoms with Crippen molar-refractivity contribution < 1.29 is 9.59 Å². The molecule has 0 bridgehead atoms. The number of hydrogen-bond donors (Lipinski definition) is 2. The van der Waals surface area contributed by atoms with Gasteiger partial charge in [0, 0.05) is 58.2 Å². The lowest BCUT2D eigenvalue weighted by molar-refractivity contribution is -0.134. The number of nitrogens with one attached hydrogen (secondary N) is 2. The number of halogens is 1. The fourth-order valence-corrected chi connectivity index (χ4v) is 6.83. The Hall–Kier alpha value is -3.53. The van der Waals surface area contributed by atoms with Crippen LogP contribution >= 0.6 is 11.6 Å². The smallest absolute Gasteiger partial charge is 0.287 e. The predicted octanol–water partition coefficient (Wildman–Crippen LogP) is 3.45. The molecule has 3 aliphatic rings. The average molecular weight is 589 g/mol. The van der Waals surface area contributed by atoms with Gasteiger partial charge in [-0.1, -0.05) is 60.1 Å². The zero-order valence-corrected chi connectivity index (χ0v) is 24.8. The number of nitrogens with zero attached hydrogens (tertiary/aromatic N) is 4. The van der Waals surface area contributed by atoms with Gasteiger partial charge in [0.05, 0.1) is 17.8 Å². The molecule has 2 aromatic carbocycles. The number of imide groups is 1. The van der Waals surface area contributed by atoms with E-state index in [4.69, 9.17) is 11.6 Å². The van der Waals surface area contributed by atoms with Crippen LogP contribution in [0.25, 0.3) is 0 Å². The van der Waals surface area contributed by atoms with Crippen LogP contribution < -0.4 is 16.2 Å². The summed E-state index contributed by atoms with van der Waals surface area (Å²) < 4.78 is 1.24. The maximum Gasteiger partial charge on any atom is 0.287 e. The van der Waals surface area contributed by atoms with Gasteiger partial charge in [-0.2, -0.15) is 5.10 Å². The van der Waals surface area contributed by atoms with Gasteiger partial charge >= 0.3 is 0 Å². The molecule has 3 atom stereocenters. The lowest BCUT2D eigenvalue weighted by Crippen LogP contribution is -2.44. The number of aromatic nitrogens is 2. The minimum absolute atomic E-state index is 0.159. The van der Waals surface area contributed by atoms with Crippen molar-refractivity contribution in [2.75, 3.05) is 38.5 Å². The topological polar surface area (TPSA) is 99.6 Å². The number of piperidine rings is 2. The highest BCUT2D eigenvalue weighted by Gasteiger charge is 2.32. The van der Waals surface area contributed by atoms with Crippen molar-refractivity contribution in [3.05, 3.63) is 92.4 Å². The third kappa shape index (κ3) is 6.14. The van der Waals surface area contributed by atoms with Crippen molar-refractivity contribution in [3.8, 4) is 0 Å². The van der Waals surface area contributed by atoms with Crippen LogP contribution in [0, 0.1) is 0 Å². The zero-order valence-electron chi connectivity index (χ0n) is 24.1. The molecule has 0 spiro atoms. The fraction of sp³-hybridized carbons (Fsp3) is 0.438. The molecule has 3 saturated heterocycles. The summed E-state index contributed by atoms with van der Waals surface area (Å²) in [6.07, 6.45) is 3.54. The van der Waals surface area contributed by atoms with Crippen LogP contribution in [0.3, 0.4) is 0 Å². The number of carbonyl (C=O) groups is 2. The molecule has 6 rings (SSSR count). The number of rotatable bonds is 7. The minimum Gasteiger partial charge on any atom is -0.378 e. The summed E-state index contributed by atoms with van der Waals surface area (Å²) in [6, 6.07) is 17.5. The van der Waals surface area contributed by atoms with Crippen molar-refractivity contribution >= 4 is 29.1 Å². The van der Waals surface area contributed by atoms with E-state index in [1.165, 1.54) is 21.4 Å². The number of benzene rings is 2. The van der Waals surface area contributed by atoms with Gasteiger partial charge in [0.25, 0.3) is 5.56 Å². The van der Waals surface area contributed by atoms with Gasteiger partial charge in [-0.15, -0.1) is 0 Å². The van der Waals surface area contributed by atoms with E-state index in [2.05, 4.69) is 69.0 Å². The monoisotopic (exact) mass is 588 g/mol. The normalized spacial score (nSPS) is 23.8. The van der Waals surface area contributed by atoms with Crippen LogP contribution in [0.2, 0.25) is 5.02 Å². The number of aryl methyl sites for hydroxylation is 1. The lowest BCUT2D eigenvalue weighted by atomic mass is 9.85. The average Bonchev–Trinajstić information content (AvgIpc) is 2.95. The molecule has 1 aromatic heterocycles. The summed E-state index contributed by atoms with van der Waals surface area (Å²) in [4.78, 5) is 40.8. The molecule has 2 amide bonds. The Morgan fingerprint density at radius 2 is 1.71 bits per heavy atom. The van der Waals surface area contributed by atoms with Crippen LogP contribution in [0.15, 0.2) is 59.5 Å². The number of likely N-dealkylation sites (N-methyl/N-ethyl adjacent to an activating group) is 1. The van der Waals surface area contributed by atoms with Gasteiger partial charge < -0.3 is 10.2 Å². The fourth-order valence-electron chi connectivity index (χ4n) is 6.60. The standard InChI is InChI=1S/C32H37ClN6O3/c1-37-16-24(13-26(19-37)35-28-14-34-38(2)32(42)30(28)33)21-8-6-20(7-9-21)15-39-17-25(18-39)22-4-3-5-23(12-22)27-10-11-29(40)36-31(27)41/h3-9,12,14,24-27,35H,10-11,13,15-19H2,1-2H3,(H,36,40,41). The quantitative estimate of drug-likeness (QED) is 0.408. The summed E-state index contributed by atoms with van der Waals surface area (Å²) in [5, 5.41) is 10.2. The predicted molar refractivity (Wildman–Crippen MR) is 163 cm³/mol. The van der Waals surface area contributed by atoms with Crippen LogP contribution in [-0.4, -0.2) is 70.7 Å². The Morgan fingerprint density at radius 1 is 0.952 bits per heavy atom. The molecule has 4 heterocycles. The van der Waals surface area contributed by atoms with E-state index in [1.54, 1.807) is 13.2 Å². The first-order valence-electron chi connectivity index (χ1n) is 14.6. The molecule has 10 heteroatoms. The summed E-state index contributed by atoms with van der Waals surface area (Å²) in [7, 11) is 3.72. The molecule has 3 fully saturated rings. The van der Waals surface area contributed by atoms with Crippen molar-refractivity contribution in [1.82, 2.24) is 24.9 Å². The van der Waals surface area contributed by atoms with Crippen LogP contribution in [0.1, 0.15) is 59.3 Å². The van der Waals surface area contributed by atoms with Gasteiger partial charge in [0.15, 0.2) is 0 Å². The summed E-state index contributed by atoms with van der Waals surface area (Å²) in [5.41, 5.74) is 5.17. The Labute approximate surface area is 250 Å². The van der Waals surface area contributed by atoms with Crippen molar-refractivity contribution in [2.24, 2.45) is 7.05 Å². The van der Waals surface area contributed by atoms with Gasteiger partial charge in [-0.25, -0.2) is 4.68 Å². The van der Waals surface area contributed by atoms with Crippen molar-refractivity contribution in [3.63, 3.8) is 0 Å². The van der Waals surface area contributed by atoms with Crippen molar-refractivity contribution in [1.29, 1.82) is 0 Å². The van der Waals surface area contributed by atoms with E-state index in [0.717, 1.165) is 44.7 Å². The molecule has 42 heavy (non-hydrogen) atoms. The van der Waals surface area contributed by atoms with Gasteiger partial charge in [-0.3, -0.25) is 24.6 Å². The zero-order chi connectivity index (χ0) is 29.4. The molecular formula is C32H37ClN6O3. The highest BCUT2D eigenvalue weighted by molar-refractivity contribution is 6.32. The highest BCUT2D eigenvalue weighted by atomic mass is 35.5. The van der Waals surface area contributed by atoms with Crippen LogP contribution in [-0.2, 0) is 23.2 Å². The van der Waals surface area contributed by atoms with Gasteiger partial charge in [0.1, 0.15) is 5.02 Å². The first-order chi connectivity index (χ1) is 20.2. The van der Waals surface area contributed by atoms with E-state index in [-0.39, 0.29) is 34.4 Å².